The number of carbonyl (C=O) groups is 1. The first-order valence-electron chi connectivity index (χ1n) is 6.42. The molecule has 0 saturated carbocycles. The van der Waals surface area contributed by atoms with Crippen LogP contribution in [0.1, 0.15) is 40.5 Å². The van der Waals surface area contributed by atoms with Crippen molar-refractivity contribution in [3.8, 4) is 5.75 Å². The molecule has 1 amide bonds. The minimum atomic E-state index is -0.0235. The fourth-order valence-corrected chi connectivity index (χ4v) is 1.98. The maximum atomic E-state index is 12.2. The largest absolute Gasteiger partial charge is 0.506 e. The Morgan fingerprint density at radius 1 is 1.33 bits per heavy atom. The number of amides is 1. The van der Waals surface area contributed by atoms with Crippen molar-refractivity contribution in [1.29, 1.82) is 0 Å². The van der Waals surface area contributed by atoms with Crippen molar-refractivity contribution in [1.82, 2.24) is 0 Å². The Kier molecular flexibility index (Phi) is 4.76. The first-order chi connectivity index (χ1) is 8.33. The van der Waals surface area contributed by atoms with E-state index in [1.165, 1.54) is 0 Å². The van der Waals surface area contributed by atoms with Gasteiger partial charge in [-0.15, -0.1) is 0 Å². The normalized spacial score (nSPS) is 13.1. The lowest BCUT2D eigenvalue weighted by atomic mass is 9.83. The quantitative estimate of drug-likeness (QED) is 0.797. The highest BCUT2D eigenvalue weighted by molar-refractivity contribution is 5.93. The molecule has 0 radical (unpaired) electrons. The minimum Gasteiger partial charge on any atom is -0.506 e. The Labute approximate surface area is 109 Å². The molecule has 1 unspecified atom stereocenters. The number of nitrogens with one attached hydrogen (secondary N) is 1. The number of anilines is 1. The molecular formula is C15H23NO2. The molecule has 1 aromatic rings. The molecular weight excluding hydrogens is 226 g/mol. The van der Waals surface area contributed by atoms with Gasteiger partial charge in [-0.25, -0.2) is 0 Å². The van der Waals surface area contributed by atoms with Gasteiger partial charge >= 0.3 is 0 Å². The molecule has 0 aliphatic carbocycles. The van der Waals surface area contributed by atoms with E-state index in [-0.39, 0.29) is 23.0 Å². The van der Waals surface area contributed by atoms with Crippen LogP contribution in [-0.2, 0) is 4.79 Å². The standard InChI is InChI=1S/C15H23NO2/c1-5-11(10-15(2,3)4)14(18)16-12-8-6-7-9-13(12)17/h6-9,11,17H,5,10H2,1-4H3,(H,16,18). The highest BCUT2D eigenvalue weighted by atomic mass is 16.3. The van der Waals surface area contributed by atoms with E-state index in [1.54, 1.807) is 24.3 Å². The van der Waals surface area contributed by atoms with Gasteiger partial charge in [-0.3, -0.25) is 4.79 Å². The SMILES string of the molecule is CCC(CC(C)(C)C)C(=O)Nc1ccccc1O. The maximum absolute atomic E-state index is 12.2. The molecule has 0 heterocycles. The summed E-state index contributed by atoms with van der Waals surface area (Å²) in [5, 5.41) is 12.4. The maximum Gasteiger partial charge on any atom is 0.227 e. The van der Waals surface area contributed by atoms with Crippen LogP contribution in [0.3, 0.4) is 0 Å². The topological polar surface area (TPSA) is 49.3 Å². The van der Waals surface area contributed by atoms with Crippen LogP contribution in [0.2, 0.25) is 0 Å². The number of hydrogen-bond donors (Lipinski definition) is 2. The van der Waals surface area contributed by atoms with Crippen molar-refractivity contribution < 1.29 is 9.90 Å². The van der Waals surface area contributed by atoms with Crippen molar-refractivity contribution in [3.05, 3.63) is 24.3 Å². The monoisotopic (exact) mass is 249 g/mol. The van der Waals surface area contributed by atoms with Gasteiger partial charge in [0.05, 0.1) is 5.69 Å². The van der Waals surface area contributed by atoms with Gasteiger partial charge < -0.3 is 10.4 Å². The lowest BCUT2D eigenvalue weighted by Crippen LogP contribution is -2.26. The van der Waals surface area contributed by atoms with Crippen LogP contribution >= 0.6 is 0 Å². The van der Waals surface area contributed by atoms with Crippen LogP contribution in [0.4, 0.5) is 5.69 Å². The Morgan fingerprint density at radius 2 is 1.94 bits per heavy atom. The zero-order valence-corrected chi connectivity index (χ0v) is 11.7. The Hall–Kier alpha value is -1.51. The number of phenolic OH excluding ortho intramolecular Hbond substituents is 1. The smallest absolute Gasteiger partial charge is 0.227 e. The summed E-state index contributed by atoms with van der Waals surface area (Å²) >= 11 is 0. The van der Waals surface area contributed by atoms with Crippen LogP contribution in [0.15, 0.2) is 24.3 Å². The summed E-state index contributed by atoms with van der Waals surface area (Å²) in [4.78, 5) is 12.2. The molecule has 18 heavy (non-hydrogen) atoms. The third kappa shape index (κ3) is 4.40. The van der Waals surface area contributed by atoms with Crippen molar-refractivity contribution in [2.24, 2.45) is 11.3 Å². The predicted octanol–water partition coefficient (Wildman–Crippen LogP) is 3.79. The Balaban J connectivity index is 2.72. The lowest BCUT2D eigenvalue weighted by Gasteiger charge is -2.24. The van der Waals surface area contributed by atoms with Gasteiger partial charge in [0.1, 0.15) is 5.75 Å². The van der Waals surface area contributed by atoms with Crippen LogP contribution < -0.4 is 5.32 Å². The zero-order valence-electron chi connectivity index (χ0n) is 11.7. The molecule has 0 fully saturated rings. The van der Waals surface area contributed by atoms with Crippen LogP contribution in [0, 0.1) is 11.3 Å². The van der Waals surface area contributed by atoms with Crippen LogP contribution in [0.25, 0.3) is 0 Å². The fourth-order valence-electron chi connectivity index (χ4n) is 1.98. The second-order valence-corrected chi connectivity index (χ2v) is 5.88. The average molecular weight is 249 g/mol. The highest BCUT2D eigenvalue weighted by Crippen LogP contribution is 2.28. The Morgan fingerprint density at radius 3 is 2.44 bits per heavy atom. The summed E-state index contributed by atoms with van der Waals surface area (Å²) in [6, 6.07) is 6.80. The summed E-state index contributed by atoms with van der Waals surface area (Å²) in [5.74, 6) is 0.0648. The van der Waals surface area contributed by atoms with Crippen molar-refractivity contribution in [2.45, 2.75) is 40.5 Å². The second-order valence-electron chi connectivity index (χ2n) is 5.88. The van der Waals surface area contributed by atoms with Gasteiger partial charge in [0.15, 0.2) is 0 Å². The molecule has 2 N–H and O–H groups in total. The molecule has 3 nitrogen and oxygen atoms in total. The summed E-state index contributed by atoms with van der Waals surface area (Å²) in [7, 11) is 0. The fraction of sp³-hybridized carbons (Fsp3) is 0.533. The van der Waals surface area contributed by atoms with Gasteiger partial charge in [0.2, 0.25) is 5.91 Å². The van der Waals surface area contributed by atoms with E-state index in [1.807, 2.05) is 6.92 Å². The molecule has 100 valence electrons. The molecule has 0 spiro atoms. The van der Waals surface area contributed by atoms with Crippen molar-refractivity contribution in [2.75, 3.05) is 5.32 Å². The summed E-state index contributed by atoms with van der Waals surface area (Å²) in [6.07, 6.45) is 1.64. The number of hydrogen-bond acceptors (Lipinski definition) is 2. The van der Waals surface area contributed by atoms with E-state index >= 15 is 0 Å². The van der Waals surface area contributed by atoms with Crippen LogP contribution in [-0.4, -0.2) is 11.0 Å². The summed E-state index contributed by atoms with van der Waals surface area (Å²) < 4.78 is 0. The average Bonchev–Trinajstić information content (AvgIpc) is 2.27. The molecule has 0 saturated heterocycles. The first-order valence-corrected chi connectivity index (χ1v) is 6.42. The van der Waals surface area contributed by atoms with Gasteiger partial charge in [0.25, 0.3) is 0 Å². The second kappa shape index (κ2) is 5.89. The molecule has 3 heteroatoms. The van der Waals surface area contributed by atoms with Gasteiger partial charge in [0, 0.05) is 5.92 Å². The lowest BCUT2D eigenvalue weighted by molar-refractivity contribution is -0.120. The highest BCUT2D eigenvalue weighted by Gasteiger charge is 2.23. The summed E-state index contributed by atoms with van der Waals surface area (Å²) in [6.45, 7) is 8.40. The van der Waals surface area contributed by atoms with Gasteiger partial charge in [-0.2, -0.15) is 0 Å². The number of benzene rings is 1. The Bertz CT molecular complexity index is 407. The van der Waals surface area contributed by atoms with E-state index in [9.17, 15) is 9.90 Å². The number of aromatic hydroxyl groups is 1. The van der Waals surface area contributed by atoms with E-state index in [0.717, 1.165) is 12.8 Å². The van der Waals surface area contributed by atoms with E-state index < -0.39 is 0 Å². The number of carbonyl (C=O) groups excluding carboxylic acids is 1. The van der Waals surface area contributed by atoms with Crippen molar-refractivity contribution >= 4 is 11.6 Å². The molecule has 0 bridgehead atoms. The number of rotatable bonds is 4. The number of phenols is 1. The van der Waals surface area contributed by atoms with Gasteiger partial charge in [-0.1, -0.05) is 39.8 Å². The predicted molar refractivity (Wildman–Crippen MR) is 74.6 cm³/mol. The third-order valence-corrected chi connectivity index (χ3v) is 2.88. The van der Waals surface area contributed by atoms with E-state index in [2.05, 4.69) is 26.1 Å². The third-order valence-electron chi connectivity index (χ3n) is 2.88. The zero-order chi connectivity index (χ0) is 13.8. The first kappa shape index (κ1) is 14.6. The molecule has 0 aliphatic rings. The number of para-hydroxylation sites is 2. The van der Waals surface area contributed by atoms with E-state index in [4.69, 9.17) is 0 Å². The van der Waals surface area contributed by atoms with Crippen LogP contribution in [0.5, 0.6) is 5.75 Å². The molecule has 1 aromatic carbocycles. The van der Waals surface area contributed by atoms with Gasteiger partial charge in [-0.05, 0) is 30.4 Å². The summed E-state index contributed by atoms with van der Waals surface area (Å²) in [5.41, 5.74) is 0.603. The minimum absolute atomic E-state index is 0.0195. The molecule has 0 aliphatic heterocycles. The molecule has 1 rings (SSSR count). The molecule has 1 atom stereocenters. The van der Waals surface area contributed by atoms with E-state index in [0.29, 0.717) is 5.69 Å². The van der Waals surface area contributed by atoms with Crippen molar-refractivity contribution in [3.63, 3.8) is 0 Å². The molecule has 0 aromatic heterocycles.